The molecule has 8 heteroatoms. The first kappa shape index (κ1) is 18.9. The molecule has 1 unspecified atom stereocenters. The van der Waals surface area contributed by atoms with E-state index in [9.17, 15) is 8.42 Å². The Kier molecular flexibility index (Phi) is 5.98. The second kappa shape index (κ2) is 8.22. The smallest absolute Gasteiger partial charge is 0.244 e. The molecule has 0 radical (unpaired) electrons. The van der Waals surface area contributed by atoms with Crippen LogP contribution in [0.25, 0.3) is 0 Å². The zero-order valence-corrected chi connectivity index (χ0v) is 15.8. The lowest BCUT2D eigenvalue weighted by Crippen LogP contribution is -2.43. The zero-order chi connectivity index (χ0) is 18.6. The van der Waals surface area contributed by atoms with Gasteiger partial charge in [-0.15, -0.1) is 0 Å². The zero-order valence-electron chi connectivity index (χ0n) is 15.0. The van der Waals surface area contributed by atoms with E-state index in [0.29, 0.717) is 19.0 Å². The fourth-order valence-electron chi connectivity index (χ4n) is 3.04. The average molecular weight is 380 g/mol. The van der Waals surface area contributed by atoms with Gasteiger partial charge in [0.25, 0.3) is 0 Å². The van der Waals surface area contributed by atoms with Crippen molar-refractivity contribution >= 4 is 10.0 Å². The first-order valence-electron chi connectivity index (χ1n) is 8.51. The Morgan fingerprint density at radius 1 is 1.27 bits per heavy atom. The minimum absolute atomic E-state index is 0.139. The Balaban J connectivity index is 1.81. The lowest BCUT2D eigenvalue weighted by molar-refractivity contribution is 0.0128. The number of hydrogen-bond acceptors (Lipinski definition) is 6. The monoisotopic (exact) mass is 380 g/mol. The van der Waals surface area contributed by atoms with Gasteiger partial charge >= 0.3 is 0 Å². The highest BCUT2D eigenvalue weighted by Gasteiger charge is 2.28. The number of hydrogen-bond donors (Lipinski definition) is 1. The average Bonchev–Trinajstić information content (AvgIpc) is 3.17. The summed E-state index contributed by atoms with van der Waals surface area (Å²) in [5, 5.41) is 0. The SMILES string of the molecule is COc1ccc(C)cc1S(=O)(=O)NCC(c1ccco1)N1CCOCC1. The fraction of sp³-hybridized carbons (Fsp3) is 0.444. The number of furan rings is 1. The molecule has 0 bridgehead atoms. The molecule has 1 aliphatic rings. The highest BCUT2D eigenvalue weighted by Crippen LogP contribution is 2.26. The topological polar surface area (TPSA) is 81.0 Å². The summed E-state index contributed by atoms with van der Waals surface area (Å²) in [6.45, 7) is 4.73. The predicted molar refractivity (Wildman–Crippen MR) is 96.8 cm³/mol. The van der Waals surface area contributed by atoms with Crippen molar-refractivity contribution in [3.63, 3.8) is 0 Å². The van der Waals surface area contributed by atoms with E-state index < -0.39 is 10.0 Å². The normalized spacial score (nSPS) is 17.2. The third-order valence-electron chi connectivity index (χ3n) is 4.43. The van der Waals surface area contributed by atoms with E-state index in [1.165, 1.54) is 7.11 Å². The molecule has 1 saturated heterocycles. The molecule has 26 heavy (non-hydrogen) atoms. The molecule has 1 aromatic carbocycles. The van der Waals surface area contributed by atoms with Gasteiger partial charge < -0.3 is 13.9 Å². The van der Waals surface area contributed by atoms with Crippen LogP contribution in [0.3, 0.4) is 0 Å². The van der Waals surface area contributed by atoms with Gasteiger partial charge in [-0.2, -0.15) is 0 Å². The summed E-state index contributed by atoms with van der Waals surface area (Å²) in [5.41, 5.74) is 0.849. The van der Waals surface area contributed by atoms with Gasteiger partial charge in [0.1, 0.15) is 16.4 Å². The summed E-state index contributed by atoms with van der Waals surface area (Å²) in [5.74, 6) is 1.05. The number of nitrogens with one attached hydrogen (secondary N) is 1. The molecule has 1 aromatic heterocycles. The lowest BCUT2D eigenvalue weighted by atomic mass is 10.2. The van der Waals surface area contributed by atoms with Crippen molar-refractivity contribution in [1.29, 1.82) is 0 Å². The van der Waals surface area contributed by atoms with Gasteiger partial charge in [0.15, 0.2) is 0 Å². The van der Waals surface area contributed by atoms with Crippen molar-refractivity contribution in [2.24, 2.45) is 0 Å². The number of ether oxygens (including phenoxy) is 2. The van der Waals surface area contributed by atoms with Gasteiger partial charge in [-0.1, -0.05) is 6.07 Å². The Labute approximate surface area is 153 Å². The molecule has 0 amide bonds. The standard InChI is InChI=1S/C18H24N2O5S/c1-14-5-6-17(23-2)18(12-14)26(21,22)19-13-15(16-4-3-9-25-16)20-7-10-24-11-8-20/h3-6,9,12,15,19H,7-8,10-11,13H2,1-2H3. The largest absolute Gasteiger partial charge is 0.495 e. The van der Waals surface area contributed by atoms with E-state index in [-0.39, 0.29) is 17.5 Å². The molecular formula is C18H24N2O5S. The van der Waals surface area contributed by atoms with E-state index in [4.69, 9.17) is 13.9 Å². The third-order valence-corrected chi connectivity index (χ3v) is 5.88. The molecule has 2 heterocycles. The van der Waals surface area contributed by atoms with Gasteiger partial charge in [0, 0.05) is 19.6 Å². The van der Waals surface area contributed by atoms with Crippen molar-refractivity contribution in [3.05, 3.63) is 47.9 Å². The fourth-order valence-corrected chi connectivity index (χ4v) is 4.33. The van der Waals surface area contributed by atoms with Crippen LogP contribution in [0, 0.1) is 6.92 Å². The van der Waals surface area contributed by atoms with Gasteiger partial charge in [-0.3, -0.25) is 4.90 Å². The molecule has 0 saturated carbocycles. The van der Waals surface area contributed by atoms with Crippen molar-refractivity contribution in [3.8, 4) is 5.75 Å². The van der Waals surface area contributed by atoms with E-state index in [0.717, 1.165) is 24.4 Å². The third kappa shape index (κ3) is 4.27. The number of sulfonamides is 1. The first-order chi connectivity index (χ1) is 12.5. The summed E-state index contributed by atoms with van der Waals surface area (Å²) >= 11 is 0. The minimum Gasteiger partial charge on any atom is -0.495 e. The Bertz CT molecular complexity index is 814. The number of methoxy groups -OCH3 is 1. The molecule has 1 atom stereocenters. The summed E-state index contributed by atoms with van der Waals surface area (Å²) in [7, 11) is -2.26. The summed E-state index contributed by atoms with van der Waals surface area (Å²) < 4.78 is 44.6. The van der Waals surface area contributed by atoms with E-state index in [1.807, 2.05) is 19.1 Å². The first-order valence-corrected chi connectivity index (χ1v) is 9.99. The van der Waals surface area contributed by atoms with Crippen molar-refractivity contribution in [1.82, 2.24) is 9.62 Å². The van der Waals surface area contributed by atoms with Crippen LogP contribution in [0.15, 0.2) is 45.9 Å². The molecular weight excluding hydrogens is 356 g/mol. The van der Waals surface area contributed by atoms with Crippen LogP contribution in [-0.2, 0) is 14.8 Å². The second-order valence-electron chi connectivity index (χ2n) is 6.19. The minimum atomic E-state index is -3.72. The maximum Gasteiger partial charge on any atom is 0.244 e. The molecule has 1 N–H and O–H groups in total. The molecule has 0 aliphatic carbocycles. The number of morpholine rings is 1. The Hall–Kier alpha value is -1.87. The number of benzene rings is 1. The van der Waals surface area contributed by atoms with Crippen LogP contribution < -0.4 is 9.46 Å². The molecule has 1 aliphatic heterocycles. The number of nitrogens with zero attached hydrogens (tertiary/aromatic N) is 1. The van der Waals surface area contributed by atoms with Gasteiger partial charge in [-0.05, 0) is 36.8 Å². The maximum atomic E-state index is 12.9. The quantitative estimate of drug-likeness (QED) is 0.791. The van der Waals surface area contributed by atoms with Crippen molar-refractivity contribution in [2.75, 3.05) is 40.0 Å². The van der Waals surface area contributed by atoms with Crippen LogP contribution in [0.2, 0.25) is 0 Å². The summed E-state index contributed by atoms with van der Waals surface area (Å²) in [6.07, 6.45) is 1.60. The lowest BCUT2D eigenvalue weighted by Gasteiger charge is -2.33. The molecule has 0 spiro atoms. The summed E-state index contributed by atoms with van der Waals surface area (Å²) in [6, 6.07) is 8.56. The Morgan fingerprint density at radius 3 is 2.69 bits per heavy atom. The number of aryl methyl sites for hydroxylation is 1. The van der Waals surface area contributed by atoms with E-state index in [2.05, 4.69) is 9.62 Å². The van der Waals surface area contributed by atoms with Gasteiger partial charge in [0.05, 0.1) is 32.6 Å². The van der Waals surface area contributed by atoms with Crippen LogP contribution in [0.5, 0.6) is 5.75 Å². The van der Waals surface area contributed by atoms with Gasteiger partial charge in [-0.25, -0.2) is 13.1 Å². The van der Waals surface area contributed by atoms with Crippen molar-refractivity contribution < 1.29 is 22.3 Å². The van der Waals surface area contributed by atoms with Crippen LogP contribution in [0.4, 0.5) is 0 Å². The number of rotatable bonds is 7. The van der Waals surface area contributed by atoms with Gasteiger partial charge in [0.2, 0.25) is 10.0 Å². The molecule has 7 nitrogen and oxygen atoms in total. The van der Waals surface area contributed by atoms with Crippen molar-refractivity contribution in [2.45, 2.75) is 17.9 Å². The highest BCUT2D eigenvalue weighted by atomic mass is 32.2. The molecule has 142 valence electrons. The predicted octanol–water partition coefficient (Wildman–Crippen LogP) is 1.95. The second-order valence-corrected chi connectivity index (χ2v) is 7.92. The molecule has 3 rings (SSSR count). The van der Waals surface area contributed by atoms with Crippen LogP contribution >= 0.6 is 0 Å². The van der Waals surface area contributed by atoms with Crippen LogP contribution in [-0.4, -0.2) is 53.3 Å². The van der Waals surface area contributed by atoms with E-state index >= 15 is 0 Å². The molecule has 1 fully saturated rings. The van der Waals surface area contributed by atoms with Crippen LogP contribution in [0.1, 0.15) is 17.4 Å². The Morgan fingerprint density at radius 2 is 2.04 bits per heavy atom. The summed E-state index contributed by atoms with van der Waals surface area (Å²) in [4.78, 5) is 2.30. The van der Waals surface area contributed by atoms with E-state index in [1.54, 1.807) is 24.5 Å². The molecule has 2 aromatic rings. The maximum absolute atomic E-state index is 12.9. The highest BCUT2D eigenvalue weighted by molar-refractivity contribution is 7.89.